The number of epoxide rings is 1. The van der Waals surface area contributed by atoms with E-state index in [2.05, 4.69) is 0 Å². The van der Waals surface area contributed by atoms with E-state index in [0.29, 0.717) is 0 Å². The fourth-order valence-electron chi connectivity index (χ4n) is 5.15. The fraction of sp³-hybridized carbons (Fsp3) is 0.542. The van der Waals surface area contributed by atoms with Crippen molar-refractivity contribution in [3.05, 3.63) is 54.3 Å². The third-order valence-corrected chi connectivity index (χ3v) is 7.14. The lowest BCUT2D eigenvalue weighted by Gasteiger charge is -2.45. The van der Waals surface area contributed by atoms with Crippen LogP contribution in [0.4, 0.5) is 0 Å². The number of benzene rings is 1. The van der Waals surface area contributed by atoms with Gasteiger partial charge in [-0.25, -0.2) is 4.79 Å². The lowest BCUT2D eigenvalue weighted by Crippen LogP contribution is -2.62. The average Bonchev–Trinajstić information content (AvgIpc) is 3.57. The Morgan fingerprint density at radius 3 is 2.53 bits per heavy atom. The van der Waals surface area contributed by atoms with Gasteiger partial charge in [0.2, 0.25) is 6.29 Å². The van der Waals surface area contributed by atoms with Crippen LogP contribution in [0.2, 0.25) is 0 Å². The maximum absolute atomic E-state index is 12.3. The number of esters is 1. The molecule has 0 bridgehead atoms. The highest BCUT2D eigenvalue weighted by Crippen LogP contribution is 2.61. The molecule has 0 spiro atoms. The minimum Gasteiger partial charge on any atom is -0.472 e. The van der Waals surface area contributed by atoms with Gasteiger partial charge in [0.05, 0.1) is 18.8 Å². The third-order valence-electron chi connectivity index (χ3n) is 7.14. The van der Waals surface area contributed by atoms with E-state index in [1.54, 1.807) is 6.08 Å². The first kappa shape index (κ1) is 25.3. The van der Waals surface area contributed by atoms with Crippen molar-refractivity contribution in [2.24, 2.45) is 5.92 Å². The summed E-state index contributed by atoms with van der Waals surface area (Å²) in [6.45, 7) is -1.00. The molecule has 6 N–H and O–H groups in total. The summed E-state index contributed by atoms with van der Waals surface area (Å²) in [6.07, 6.45) is -6.31. The quantitative estimate of drug-likeness (QED) is 0.133. The van der Waals surface area contributed by atoms with Crippen molar-refractivity contribution >= 4 is 12.0 Å². The number of hydrogen-bond donors (Lipinski definition) is 6. The van der Waals surface area contributed by atoms with E-state index in [-0.39, 0.29) is 6.61 Å². The zero-order chi connectivity index (χ0) is 25.7. The Bertz CT molecular complexity index is 1010. The van der Waals surface area contributed by atoms with Crippen LogP contribution in [0.3, 0.4) is 0 Å². The van der Waals surface area contributed by atoms with Gasteiger partial charge in [0.15, 0.2) is 6.29 Å². The molecule has 36 heavy (non-hydrogen) atoms. The molecule has 12 heteroatoms. The second-order valence-corrected chi connectivity index (χ2v) is 9.30. The maximum Gasteiger partial charge on any atom is 0.330 e. The van der Waals surface area contributed by atoms with Gasteiger partial charge in [0.25, 0.3) is 0 Å². The van der Waals surface area contributed by atoms with E-state index < -0.39 is 78.9 Å². The van der Waals surface area contributed by atoms with E-state index in [0.717, 1.165) is 11.8 Å². The molecular weight excluding hydrogens is 480 g/mol. The zero-order valence-electron chi connectivity index (χ0n) is 18.9. The summed E-state index contributed by atoms with van der Waals surface area (Å²) in [5.41, 5.74) is -2.46. The molecule has 0 radical (unpaired) electrons. The molecule has 1 aromatic rings. The van der Waals surface area contributed by atoms with Crippen LogP contribution < -0.4 is 0 Å². The molecule has 1 unspecified atom stereocenters. The van der Waals surface area contributed by atoms with E-state index in [9.17, 15) is 35.4 Å². The molecule has 0 aromatic heterocycles. The van der Waals surface area contributed by atoms with Gasteiger partial charge in [-0.05, 0) is 17.7 Å². The van der Waals surface area contributed by atoms with Crippen molar-refractivity contribution in [2.75, 3.05) is 13.2 Å². The first-order chi connectivity index (χ1) is 17.2. The van der Waals surface area contributed by atoms with Gasteiger partial charge in [-0.15, -0.1) is 0 Å². The van der Waals surface area contributed by atoms with Gasteiger partial charge >= 0.3 is 5.97 Å². The lowest BCUT2D eigenvalue weighted by atomic mass is 9.81. The Morgan fingerprint density at radius 1 is 1.06 bits per heavy atom. The standard InChI is InChI=1S/C24H28O12/c25-10-13-15(27)16(28)17(29)21(34-13)35-22-18-23(31,8-9-32-22)19(30)20-24(18,36-20)11-33-14(26)7-6-12-4-2-1-3-5-12/h1-9,13,15-22,25,27-31H,10-11H2/b7-6+/t13-,15-,16+,17-,18-,19-,20+,21+,22+,23?,24-/m0/s1. The smallest absolute Gasteiger partial charge is 0.330 e. The monoisotopic (exact) mass is 508 g/mol. The van der Waals surface area contributed by atoms with E-state index in [4.69, 9.17) is 23.7 Å². The van der Waals surface area contributed by atoms with Crippen molar-refractivity contribution in [1.29, 1.82) is 0 Å². The number of aliphatic hydroxyl groups is 6. The van der Waals surface area contributed by atoms with Gasteiger partial charge in [-0.1, -0.05) is 30.3 Å². The molecule has 1 aliphatic carbocycles. The van der Waals surface area contributed by atoms with E-state index in [1.807, 2.05) is 30.3 Å². The summed E-state index contributed by atoms with van der Waals surface area (Å²) in [5.74, 6) is -1.81. The molecule has 3 fully saturated rings. The summed E-state index contributed by atoms with van der Waals surface area (Å²) in [4.78, 5) is 12.3. The first-order valence-electron chi connectivity index (χ1n) is 11.5. The molecule has 196 valence electrons. The second-order valence-electron chi connectivity index (χ2n) is 9.30. The molecule has 1 saturated carbocycles. The van der Waals surface area contributed by atoms with Gasteiger partial charge in [0.1, 0.15) is 54.4 Å². The van der Waals surface area contributed by atoms with E-state index in [1.165, 1.54) is 12.2 Å². The third kappa shape index (κ3) is 4.14. The number of ether oxygens (including phenoxy) is 5. The van der Waals surface area contributed by atoms with Crippen LogP contribution in [0.15, 0.2) is 48.7 Å². The number of hydrogen-bond acceptors (Lipinski definition) is 12. The summed E-state index contributed by atoms with van der Waals surface area (Å²) in [6, 6.07) is 9.10. The highest BCUT2D eigenvalue weighted by molar-refractivity contribution is 5.87. The van der Waals surface area contributed by atoms with Crippen molar-refractivity contribution < 1.29 is 59.1 Å². The minimum atomic E-state index is -1.88. The first-order valence-corrected chi connectivity index (χ1v) is 11.5. The Balaban J connectivity index is 1.31. The molecule has 3 aliphatic heterocycles. The molecule has 0 amide bonds. The van der Waals surface area contributed by atoms with Crippen LogP contribution >= 0.6 is 0 Å². The van der Waals surface area contributed by atoms with E-state index >= 15 is 0 Å². The lowest BCUT2D eigenvalue weighted by molar-refractivity contribution is -0.350. The number of carbonyl (C=O) groups is 1. The van der Waals surface area contributed by atoms with Gasteiger partial charge in [0, 0.05) is 6.08 Å². The van der Waals surface area contributed by atoms with Crippen LogP contribution in [-0.4, -0.2) is 110 Å². The molecule has 3 heterocycles. The topological polar surface area (TPSA) is 188 Å². The fourth-order valence-corrected chi connectivity index (χ4v) is 5.15. The van der Waals surface area contributed by atoms with Crippen LogP contribution in [0.1, 0.15) is 5.56 Å². The predicted octanol–water partition coefficient (Wildman–Crippen LogP) is -2.21. The number of fused-ring (bicyclic) bond motifs is 3. The van der Waals surface area contributed by atoms with Crippen molar-refractivity contribution in [3.63, 3.8) is 0 Å². The van der Waals surface area contributed by atoms with Gasteiger partial charge < -0.3 is 54.3 Å². The molecular formula is C24H28O12. The van der Waals surface area contributed by atoms with Crippen LogP contribution in [0.5, 0.6) is 0 Å². The highest BCUT2D eigenvalue weighted by Gasteiger charge is 2.82. The van der Waals surface area contributed by atoms with Crippen LogP contribution in [0, 0.1) is 5.92 Å². The van der Waals surface area contributed by atoms with Crippen molar-refractivity contribution in [2.45, 2.75) is 60.4 Å². The number of carbonyl (C=O) groups excluding carboxylic acids is 1. The van der Waals surface area contributed by atoms with Crippen LogP contribution in [0.25, 0.3) is 6.08 Å². The molecule has 5 rings (SSSR count). The summed E-state index contributed by atoms with van der Waals surface area (Å²) < 4.78 is 27.7. The molecule has 11 atom stereocenters. The summed E-state index contributed by atoms with van der Waals surface area (Å²) in [7, 11) is 0. The number of aliphatic hydroxyl groups excluding tert-OH is 5. The second kappa shape index (κ2) is 9.49. The Labute approximate surface area is 205 Å². The number of rotatable bonds is 7. The molecule has 12 nitrogen and oxygen atoms in total. The van der Waals surface area contributed by atoms with Gasteiger partial charge in [-0.2, -0.15) is 0 Å². The molecule has 4 aliphatic rings. The minimum absolute atomic E-state index is 0.342. The maximum atomic E-state index is 12.3. The normalized spacial score (nSPS) is 45.1. The highest BCUT2D eigenvalue weighted by atomic mass is 16.8. The molecule has 1 aromatic carbocycles. The Hall–Kier alpha value is -2.39. The summed E-state index contributed by atoms with van der Waals surface area (Å²) >= 11 is 0. The SMILES string of the molecule is O=C(/C=C/c1ccccc1)OC[C@@]12O[C@@H]1[C@H](O)C1(O)C=CO[C@H](O[C@H]3O[C@@H](CO)[C@H](O)[C@@H](O)[C@@H]3O)[C@@H]12. The average molecular weight is 508 g/mol. The zero-order valence-corrected chi connectivity index (χ0v) is 18.9. The Morgan fingerprint density at radius 2 is 1.81 bits per heavy atom. The largest absolute Gasteiger partial charge is 0.472 e. The van der Waals surface area contributed by atoms with Crippen molar-refractivity contribution in [3.8, 4) is 0 Å². The Kier molecular flexibility index (Phi) is 6.66. The van der Waals surface area contributed by atoms with Gasteiger partial charge in [-0.3, -0.25) is 0 Å². The van der Waals surface area contributed by atoms with Crippen molar-refractivity contribution in [1.82, 2.24) is 0 Å². The van der Waals surface area contributed by atoms with Crippen LogP contribution in [-0.2, 0) is 28.5 Å². The molecule has 2 saturated heterocycles. The predicted molar refractivity (Wildman–Crippen MR) is 117 cm³/mol. The summed E-state index contributed by atoms with van der Waals surface area (Å²) in [5, 5.41) is 61.8.